The smallest absolute Gasteiger partial charge is 0.164 e. The van der Waals surface area contributed by atoms with Crippen molar-refractivity contribution in [2.45, 2.75) is 6.92 Å². The molecule has 5 heteroatoms. The van der Waals surface area contributed by atoms with Gasteiger partial charge in [-0.3, -0.25) is 0 Å². The van der Waals surface area contributed by atoms with Crippen LogP contribution < -0.4 is 0 Å². The van der Waals surface area contributed by atoms with Crippen LogP contribution in [0.1, 0.15) is 12.6 Å². The summed E-state index contributed by atoms with van der Waals surface area (Å²) in [6.45, 7) is 5.91. The van der Waals surface area contributed by atoms with Crippen LogP contribution in [0.15, 0.2) is 223 Å². The lowest BCUT2D eigenvalue weighted by Crippen LogP contribution is -1.99. The van der Waals surface area contributed by atoms with E-state index in [1.807, 2.05) is 42.5 Å². The molecule has 8 aromatic carbocycles. The van der Waals surface area contributed by atoms with E-state index in [1.165, 1.54) is 43.7 Å². The summed E-state index contributed by atoms with van der Waals surface area (Å²) >= 11 is 0. The molecule has 0 aliphatic carbocycles. The maximum absolute atomic E-state index is 6.87. The summed E-state index contributed by atoms with van der Waals surface area (Å²) in [4.78, 5) is 10.4. The Kier molecular flexibility index (Phi) is 8.80. The lowest BCUT2D eigenvalue weighted by molar-refractivity contribution is 0.669. The fourth-order valence-corrected chi connectivity index (χ4v) is 9.48. The lowest BCUT2D eigenvalue weighted by Gasteiger charge is -2.13. The third-order valence-corrected chi connectivity index (χ3v) is 12.5. The van der Waals surface area contributed by atoms with E-state index in [2.05, 4.69) is 186 Å². The number of fused-ring (bicyclic) bond motifs is 9. The Morgan fingerprint density at radius 2 is 1.11 bits per heavy atom. The highest BCUT2D eigenvalue weighted by molar-refractivity contribution is 6.17. The predicted molar refractivity (Wildman–Crippen MR) is 267 cm³/mol. The number of nitrogens with zero attached hydrogens (tertiary/aromatic N) is 4. The zero-order valence-electron chi connectivity index (χ0n) is 35.1. The summed E-state index contributed by atoms with van der Waals surface area (Å²) in [5.41, 5.74) is 15.2. The third kappa shape index (κ3) is 6.01. The molecule has 0 fully saturated rings. The van der Waals surface area contributed by atoms with Crippen LogP contribution >= 0.6 is 0 Å². The topological polar surface area (TPSA) is 48.8 Å². The number of hydrogen-bond acceptors (Lipinski definition) is 3. The minimum absolute atomic E-state index is 0.600. The van der Waals surface area contributed by atoms with Gasteiger partial charge in [0.2, 0.25) is 0 Å². The molecule has 302 valence electrons. The van der Waals surface area contributed by atoms with Crippen LogP contribution in [0.3, 0.4) is 0 Å². The second-order valence-corrected chi connectivity index (χ2v) is 16.2. The van der Waals surface area contributed by atoms with Crippen molar-refractivity contribution in [3.05, 3.63) is 225 Å². The number of furan rings is 1. The molecule has 0 amide bonds. The monoisotopic (exact) mass is 820 g/mol. The standard InChI is InChI=1S/C59H40N4O/c1-3-4-7-18-38(2)49-37-50(39-19-8-5-9-20-39)61-59(60-49)46-31-34-55(57-45-25-14-17-28-56(45)64-58(46)57)63-52-27-16-13-24-44(52)48-36-41(30-33-54(48)63)40-29-32-53-47(35-40)43-23-12-15-26-51(43)62(53)42-21-10-6-11-22-42/h3-37H,1H2,2H3/b7-4-,38-18+. The van der Waals surface area contributed by atoms with Gasteiger partial charge < -0.3 is 13.6 Å². The number of hydrogen-bond donors (Lipinski definition) is 0. The largest absolute Gasteiger partial charge is 0.455 e. The Balaban J connectivity index is 1.05. The molecule has 12 rings (SSSR count). The van der Waals surface area contributed by atoms with E-state index >= 15 is 0 Å². The van der Waals surface area contributed by atoms with E-state index in [1.54, 1.807) is 6.08 Å². The second-order valence-electron chi connectivity index (χ2n) is 16.2. The van der Waals surface area contributed by atoms with Gasteiger partial charge in [0, 0.05) is 38.2 Å². The van der Waals surface area contributed by atoms with Crippen molar-refractivity contribution in [3.8, 4) is 45.1 Å². The number of benzene rings is 8. The number of para-hydroxylation sites is 4. The third-order valence-electron chi connectivity index (χ3n) is 12.5. The van der Waals surface area contributed by atoms with Gasteiger partial charge >= 0.3 is 0 Å². The molecule has 5 nitrogen and oxygen atoms in total. The first kappa shape index (κ1) is 37.2. The molecule has 0 aliphatic rings. The second kappa shape index (κ2) is 15.1. The normalized spacial score (nSPS) is 12.2. The Morgan fingerprint density at radius 1 is 0.516 bits per heavy atom. The minimum Gasteiger partial charge on any atom is -0.455 e. The van der Waals surface area contributed by atoms with E-state index < -0.39 is 0 Å². The molecular formula is C59H40N4O. The minimum atomic E-state index is 0.600. The van der Waals surface area contributed by atoms with Crippen LogP contribution in [0, 0.1) is 0 Å². The van der Waals surface area contributed by atoms with Gasteiger partial charge in [-0.1, -0.05) is 146 Å². The fraction of sp³-hybridized carbons (Fsp3) is 0.0169. The van der Waals surface area contributed by atoms with E-state index in [-0.39, 0.29) is 0 Å². The summed E-state index contributed by atoms with van der Waals surface area (Å²) in [6.07, 6.45) is 7.73. The molecule has 12 aromatic rings. The maximum Gasteiger partial charge on any atom is 0.164 e. The Hall–Kier alpha value is -8.54. The highest BCUT2D eigenvalue weighted by Gasteiger charge is 2.23. The molecule has 0 saturated carbocycles. The van der Waals surface area contributed by atoms with Gasteiger partial charge in [-0.2, -0.15) is 0 Å². The van der Waals surface area contributed by atoms with Crippen molar-refractivity contribution >= 4 is 71.1 Å². The Bertz CT molecular complexity index is 3860. The highest BCUT2D eigenvalue weighted by Crippen LogP contribution is 2.43. The van der Waals surface area contributed by atoms with E-state index in [0.717, 1.165) is 72.4 Å². The zero-order chi connectivity index (χ0) is 42.7. The molecule has 0 N–H and O–H groups in total. The fourth-order valence-electron chi connectivity index (χ4n) is 9.48. The van der Waals surface area contributed by atoms with Crippen molar-refractivity contribution in [3.63, 3.8) is 0 Å². The van der Waals surface area contributed by atoms with Crippen LogP contribution in [0.5, 0.6) is 0 Å². The summed E-state index contributed by atoms with van der Waals surface area (Å²) in [7, 11) is 0. The van der Waals surface area contributed by atoms with Gasteiger partial charge in [-0.15, -0.1) is 0 Å². The first-order valence-electron chi connectivity index (χ1n) is 21.6. The summed E-state index contributed by atoms with van der Waals surface area (Å²) in [5.74, 6) is 0.600. The van der Waals surface area contributed by atoms with Crippen molar-refractivity contribution in [2.24, 2.45) is 0 Å². The van der Waals surface area contributed by atoms with Gasteiger partial charge in [0.15, 0.2) is 5.82 Å². The molecule has 0 radical (unpaired) electrons. The van der Waals surface area contributed by atoms with Gasteiger partial charge in [0.25, 0.3) is 0 Å². The first-order chi connectivity index (χ1) is 31.6. The van der Waals surface area contributed by atoms with Crippen LogP contribution in [0.25, 0.3) is 116 Å². The average Bonchev–Trinajstić information content (AvgIpc) is 4.02. The molecule has 0 unspecified atom stereocenters. The summed E-state index contributed by atoms with van der Waals surface area (Å²) in [6, 6.07) is 66.8. The van der Waals surface area contributed by atoms with E-state index in [0.29, 0.717) is 5.82 Å². The number of rotatable bonds is 8. The van der Waals surface area contributed by atoms with Crippen molar-refractivity contribution < 1.29 is 4.42 Å². The highest BCUT2D eigenvalue weighted by atomic mass is 16.3. The molecule has 4 heterocycles. The van der Waals surface area contributed by atoms with Crippen molar-refractivity contribution in [1.29, 1.82) is 0 Å². The van der Waals surface area contributed by atoms with Crippen LogP contribution in [-0.2, 0) is 0 Å². The van der Waals surface area contributed by atoms with Crippen molar-refractivity contribution in [1.82, 2.24) is 19.1 Å². The molecule has 0 spiro atoms. The van der Waals surface area contributed by atoms with Gasteiger partial charge in [0.1, 0.15) is 11.2 Å². The van der Waals surface area contributed by atoms with Gasteiger partial charge in [-0.05, 0) is 96.4 Å². The molecular weight excluding hydrogens is 781 g/mol. The molecule has 0 bridgehead atoms. The van der Waals surface area contributed by atoms with Gasteiger partial charge in [0.05, 0.1) is 50.1 Å². The van der Waals surface area contributed by atoms with Crippen molar-refractivity contribution in [2.75, 3.05) is 0 Å². The Labute approximate surface area is 369 Å². The first-order valence-corrected chi connectivity index (χ1v) is 21.6. The van der Waals surface area contributed by atoms with Gasteiger partial charge in [-0.25, -0.2) is 9.97 Å². The SMILES string of the molecule is C=C/C=C\C=C(/C)c1cc(-c2ccccc2)nc(-c2ccc(-n3c4ccccc4c4cc(-c5ccc6c(c5)c5ccccc5n6-c5ccccc5)ccc43)c3c2oc2ccccc23)n1. The number of allylic oxidation sites excluding steroid dienone is 5. The van der Waals surface area contributed by atoms with Crippen LogP contribution in [0.4, 0.5) is 0 Å². The average molecular weight is 821 g/mol. The van der Waals surface area contributed by atoms with E-state index in [4.69, 9.17) is 14.4 Å². The quantitative estimate of drug-likeness (QED) is 0.143. The Morgan fingerprint density at radius 3 is 1.81 bits per heavy atom. The zero-order valence-corrected chi connectivity index (χ0v) is 35.1. The molecule has 64 heavy (non-hydrogen) atoms. The van der Waals surface area contributed by atoms with Crippen LogP contribution in [0.2, 0.25) is 0 Å². The molecule has 4 aromatic heterocycles. The summed E-state index contributed by atoms with van der Waals surface area (Å²) in [5, 5.41) is 6.88. The predicted octanol–water partition coefficient (Wildman–Crippen LogP) is 15.7. The molecule has 0 aliphatic heterocycles. The maximum atomic E-state index is 6.87. The summed E-state index contributed by atoms with van der Waals surface area (Å²) < 4.78 is 11.6. The molecule has 0 atom stereocenters. The lowest BCUT2D eigenvalue weighted by atomic mass is 10.0. The molecule has 0 saturated heterocycles. The number of aromatic nitrogens is 4. The van der Waals surface area contributed by atoms with E-state index in [9.17, 15) is 0 Å². The van der Waals surface area contributed by atoms with Crippen LogP contribution in [-0.4, -0.2) is 19.1 Å².